The molecule has 1 aliphatic heterocycles. The first kappa shape index (κ1) is 15.0. The van der Waals surface area contributed by atoms with Crippen LogP contribution in [0.1, 0.15) is 44.9 Å². The van der Waals surface area contributed by atoms with E-state index >= 15 is 0 Å². The standard InChI is InChI=1S/C17H24N4O/c1-2-3-7-16-20-13-9-8-12(11-15(13)21-16)19-17(22)14-6-4-5-10-18-14/h8-9,11,14,18H,2-7,10H2,1H3,(H,19,22)(H,20,21)/t14-/m1/s1. The summed E-state index contributed by atoms with van der Waals surface area (Å²) < 4.78 is 0. The van der Waals surface area contributed by atoms with E-state index in [9.17, 15) is 4.79 Å². The first-order chi connectivity index (χ1) is 10.8. The largest absolute Gasteiger partial charge is 0.342 e. The van der Waals surface area contributed by atoms with Gasteiger partial charge in [0.2, 0.25) is 5.91 Å². The van der Waals surface area contributed by atoms with E-state index in [1.54, 1.807) is 0 Å². The molecule has 2 aromatic rings. The third-order valence-corrected chi connectivity index (χ3v) is 4.19. The maximum atomic E-state index is 12.3. The molecule has 5 nitrogen and oxygen atoms in total. The lowest BCUT2D eigenvalue weighted by Crippen LogP contribution is -2.43. The van der Waals surface area contributed by atoms with Crippen molar-refractivity contribution in [3.63, 3.8) is 0 Å². The van der Waals surface area contributed by atoms with Gasteiger partial charge >= 0.3 is 0 Å². The van der Waals surface area contributed by atoms with Crippen molar-refractivity contribution in [1.82, 2.24) is 15.3 Å². The van der Waals surface area contributed by atoms with Crippen LogP contribution in [0.15, 0.2) is 18.2 Å². The normalized spacial score (nSPS) is 18.5. The number of aromatic nitrogens is 2. The first-order valence-corrected chi connectivity index (χ1v) is 8.29. The second kappa shape index (κ2) is 6.92. The molecule has 0 unspecified atom stereocenters. The van der Waals surface area contributed by atoms with Crippen molar-refractivity contribution in [2.75, 3.05) is 11.9 Å². The fourth-order valence-electron chi connectivity index (χ4n) is 2.91. The second-order valence-corrected chi connectivity index (χ2v) is 6.01. The summed E-state index contributed by atoms with van der Waals surface area (Å²) in [5.74, 6) is 1.08. The summed E-state index contributed by atoms with van der Waals surface area (Å²) >= 11 is 0. The van der Waals surface area contributed by atoms with Crippen molar-refractivity contribution in [3.05, 3.63) is 24.0 Å². The topological polar surface area (TPSA) is 69.8 Å². The maximum absolute atomic E-state index is 12.3. The molecule has 1 amide bonds. The van der Waals surface area contributed by atoms with Gasteiger partial charge in [-0.15, -0.1) is 0 Å². The Kier molecular flexibility index (Phi) is 4.73. The summed E-state index contributed by atoms with van der Waals surface area (Å²) in [6.07, 6.45) is 6.46. The molecule has 1 fully saturated rings. The minimum absolute atomic E-state index is 0.0600. The predicted molar refractivity (Wildman–Crippen MR) is 89.0 cm³/mol. The third kappa shape index (κ3) is 3.47. The molecule has 1 atom stereocenters. The van der Waals surface area contributed by atoms with Gasteiger partial charge < -0.3 is 15.6 Å². The molecule has 0 radical (unpaired) electrons. The first-order valence-electron chi connectivity index (χ1n) is 8.29. The Hall–Kier alpha value is -1.88. The number of fused-ring (bicyclic) bond motifs is 1. The number of rotatable bonds is 5. The van der Waals surface area contributed by atoms with Crippen molar-refractivity contribution in [2.45, 2.75) is 51.5 Å². The summed E-state index contributed by atoms with van der Waals surface area (Å²) in [5, 5.41) is 6.28. The molecule has 5 heteroatoms. The number of carbonyl (C=O) groups excluding carboxylic acids is 1. The molecule has 0 bridgehead atoms. The smallest absolute Gasteiger partial charge is 0.241 e. The third-order valence-electron chi connectivity index (χ3n) is 4.19. The van der Waals surface area contributed by atoms with Crippen LogP contribution in [0.25, 0.3) is 11.0 Å². The molecule has 118 valence electrons. The lowest BCUT2D eigenvalue weighted by Gasteiger charge is -2.22. The zero-order chi connectivity index (χ0) is 15.4. The number of carbonyl (C=O) groups is 1. The van der Waals surface area contributed by atoms with Gasteiger partial charge in [-0.25, -0.2) is 4.98 Å². The van der Waals surface area contributed by atoms with E-state index in [4.69, 9.17) is 0 Å². The summed E-state index contributed by atoms with van der Waals surface area (Å²) in [7, 11) is 0. The Morgan fingerprint density at radius 2 is 2.32 bits per heavy atom. The van der Waals surface area contributed by atoms with Gasteiger partial charge in [0, 0.05) is 12.1 Å². The van der Waals surface area contributed by atoms with Crippen LogP contribution in [0.3, 0.4) is 0 Å². The van der Waals surface area contributed by atoms with Gasteiger partial charge in [0.05, 0.1) is 17.1 Å². The van der Waals surface area contributed by atoms with Gasteiger partial charge in [0.25, 0.3) is 0 Å². The van der Waals surface area contributed by atoms with Crippen LogP contribution in [0, 0.1) is 0 Å². The van der Waals surface area contributed by atoms with Crippen LogP contribution in [-0.2, 0) is 11.2 Å². The monoisotopic (exact) mass is 300 g/mol. The number of amides is 1. The number of benzene rings is 1. The quantitative estimate of drug-likeness (QED) is 0.795. The van der Waals surface area contributed by atoms with Crippen LogP contribution < -0.4 is 10.6 Å². The number of piperidine rings is 1. The summed E-state index contributed by atoms with van der Waals surface area (Å²) in [5.41, 5.74) is 2.77. The van der Waals surface area contributed by atoms with Crippen LogP contribution in [0.4, 0.5) is 5.69 Å². The minimum atomic E-state index is -0.0636. The molecule has 1 saturated heterocycles. The van der Waals surface area contributed by atoms with Crippen molar-refractivity contribution in [1.29, 1.82) is 0 Å². The average molecular weight is 300 g/mol. The number of H-pyrrole nitrogens is 1. The molecular weight excluding hydrogens is 276 g/mol. The molecular formula is C17H24N4O. The molecule has 0 saturated carbocycles. The van der Waals surface area contributed by atoms with Crippen LogP contribution in [0.2, 0.25) is 0 Å². The van der Waals surface area contributed by atoms with Gasteiger partial charge in [-0.1, -0.05) is 19.8 Å². The van der Waals surface area contributed by atoms with Gasteiger partial charge in [-0.2, -0.15) is 0 Å². The molecule has 0 spiro atoms. The zero-order valence-electron chi connectivity index (χ0n) is 13.1. The van der Waals surface area contributed by atoms with Gasteiger partial charge in [-0.3, -0.25) is 4.79 Å². The SMILES string of the molecule is CCCCc1nc2ccc(NC(=O)[C@H]3CCCCN3)cc2[nH]1. The Morgan fingerprint density at radius 3 is 3.09 bits per heavy atom. The number of nitrogens with one attached hydrogen (secondary N) is 3. The van der Waals surface area contributed by atoms with Gasteiger partial charge in [0.1, 0.15) is 5.82 Å². The van der Waals surface area contributed by atoms with E-state index in [-0.39, 0.29) is 11.9 Å². The number of nitrogens with zero attached hydrogens (tertiary/aromatic N) is 1. The van der Waals surface area contributed by atoms with Gasteiger partial charge in [0.15, 0.2) is 0 Å². The highest BCUT2D eigenvalue weighted by molar-refractivity contribution is 5.96. The molecule has 22 heavy (non-hydrogen) atoms. The molecule has 1 aliphatic rings. The Bertz CT molecular complexity index is 643. The number of aromatic amines is 1. The number of unbranched alkanes of at least 4 members (excludes halogenated alkanes) is 1. The van der Waals surface area contributed by atoms with E-state index in [1.165, 1.54) is 0 Å². The number of anilines is 1. The molecule has 0 aliphatic carbocycles. The zero-order valence-corrected chi connectivity index (χ0v) is 13.1. The number of aryl methyl sites for hydroxylation is 1. The number of hydrogen-bond acceptors (Lipinski definition) is 3. The molecule has 3 rings (SSSR count). The lowest BCUT2D eigenvalue weighted by molar-refractivity contribution is -0.118. The van der Waals surface area contributed by atoms with Crippen molar-refractivity contribution >= 4 is 22.6 Å². The highest BCUT2D eigenvalue weighted by Crippen LogP contribution is 2.19. The minimum Gasteiger partial charge on any atom is -0.342 e. The second-order valence-electron chi connectivity index (χ2n) is 6.01. The van der Waals surface area contributed by atoms with E-state index in [1.807, 2.05) is 18.2 Å². The number of imidazole rings is 1. The highest BCUT2D eigenvalue weighted by Gasteiger charge is 2.20. The Balaban J connectivity index is 1.69. The molecule has 2 heterocycles. The highest BCUT2D eigenvalue weighted by atomic mass is 16.2. The van der Waals surface area contributed by atoms with E-state index < -0.39 is 0 Å². The van der Waals surface area contributed by atoms with Crippen molar-refractivity contribution in [3.8, 4) is 0 Å². The molecule has 1 aromatic carbocycles. The van der Waals surface area contributed by atoms with Crippen molar-refractivity contribution in [2.24, 2.45) is 0 Å². The molecule has 3 N–H and O–H groups in total. The van der Waals surface area contributed by atoms with E-state index in [2.05, 4.69) is 27.5 Å². The fourth-order valence-corrected chi connectivity index (χ4v) is 2.91. The predicted octanol–water partition coefficient (Wildman–Crippen LogP) is 2.99. The van der Waals surface area contributed by atoms with E-state index in [0.717, 1.165) is 67.6 Å². The van der Waals surface area contributed by atoms with Crippen LogP contribution >= 0.6 is 0 Å². The van der Waals surface area contributed by atoms with Gasteiger partial charge in [-0.05, 0) is 44.0 Å². The van der Waals surface area contributed by atoms with Crippen LogP contribution in [0.5, 0.6) is 0 Å². The lowest BCUT2D eigenvalue weighted by atomic mass is 10.0. The Labute approximate surface area is 130 Å². The summed E-state index contributed by atoms with van der Waals surface area (Å²) in [4.78, 5) is 20.2. The maximum Gasteiger partial charge on any atom is 0.241 e. The van der Waals surface area contributed by atoms with Crippen LogP contribution in [-0.4, -0.2) is 28.5 Å². The van der Waals surface area contributed by atoms with E-state index in [0.29, 0.717) is 0 Å². The summed E-state index contributed by atoms with van der Waals surface area (Å²) in [6.45, 7) is 3.11. The average Bonchev–Trinajstić information content (AvgIpc) is 2.95. The number of hydrogen-bond donors (Lipinski definition) is 3. The Morgan fingerprint density at radius 1 is 1.41 bits per heavy atom. The fraction of sp³-hybridized carbons (Fsp3) is 0.529. The summed E-state index contributed by atoms with van der Waals surface area (Å²) in [6, 6.07) is 5.79. The molecule has 1 aromatic heterocycles. The van der Waals surface area contributed by atoms with Crippen molar-refractivity contribution < 1.29 is 4.79 Å².